The van der Waals surface area contributed by atoms with Gasteiger partial charge in [-0.1, -0.05) is 12.1 Å². The van der Waals surface area contributed by atoms with Crippen LogP contribution < -0.4 is 10.2 Å². The fraction of sp³-hybridized carbons (Fsp3) is 0.217. The molecule has 1 saturated heterocycles. The number of fused-ring (bicyclic) bond motifs is 1. The molecule has 8 nitrogen and oxygen atoms in total. The molecule has 1 aliphatic rings. The first-order chi connectivity index (χ1) is 15.5. The van der Waals surface area contributed by atoms with Crippen molar-refractivity contribution in [2.45, 2.75) is 0 Å². The molecule has 1 aliphatic heterocycles. The molecule has 4 heterocycles. The predicted octanol–water partition coefficient (Wildman–Crippen LogP) is 3.75. The fourth-order valence-electron chi connectivity index (χ4n) is 3.77. The SMILES string of the molecule is Cn1ccc(-c2ccc3cnc(NC(=O)c4ccnc(N5CCN(I)CC5)c4)cc3c2)n1. The number of aryl methyl sites for hydroxylation is 1. The second kappa shape index (κ2) is 8.83. The molecular weight excluding hydrogens is 517 g/mol. The summed E-state index contributed by atoms with van der Waals surface area (Å²) >= 11 is 2.34. The minimum Gasteiger partial charge on any atom is -0.354 e. The summed E-state index contributed by atoms with van der Waals surface area (Å²) in [6.45, 7) is 3.73. The monoisotopic (exact) mass is 539 g/mol. The average Bonchev–Trinajstić information content (AvgIpc) is 3.25. The van der Waals surface area contributed by atoms with Crippen molar-refractivity contribution in [3.8, 4) is 11.3 Å². The molecule has 32 heavy (non-hydrogen) atoms. The molecule has 4 aromatic rings. The van der Waals surface area contributed by atoms with Crippen molar-refractivity contribution in [1.82, 2.24) is 22.9 Å². The van der Waals surface area contributed by atoms with Gasteiger partial charge >= 0.3 is 0 Å². The van der Waals surface area contributed by atoms with Gasteiger partial charge in [0.2, 0.25) is 0 Å². The summed E-state index contributed by atoms with van der Waals surface area (Å²) in [7, 11) is 1.90. The van der Waals surface area contributed by atoms with Gasteiger partial charge in [0.15, 0.2) is 0 Å². The maximum Gasteiger partial charge on any atom is 0.257 e. The number of hydrogen-bond acceptors (Lipinski definition) is 6. The minimum absolute atomic E-state index is 0.200. The van der Waals surface area contributed by atoms with E-state index in [2.05, 4.69) is 57.3 Å². The number of piperazine rings is 1. The Morgan fingerprint density at radius 2 is 1.84 bits per heavy atom. The topological polar surface area (TPSA) is 79.2 Å². The van der Waals surface area contributed by atoms with E-state index in [9.17, 15) is 4.79 Å². The molecule has 3 aromatic heterocycles. The Morgan fingerprint density at radius 3 is 2.62 bits per heavy atom. The van der Waals surface area contributed by atoms with E-state index < -0.39 is 0 Å². The van der Waals surface area contributed by atoms with Crippen LogP contribution in [0.15, 0.2) is 61.1 Å². The first-order valence-electron chi connectivity index (χ1n) is 10.4. The Balaban J connectivity index is 1.36. The summed E-state index contributed by atoms with van der Waals surface area (Å²) in [6, 6.07) is 13.6. The second-order valence-electron chi connectivity index (χ2n) is 7.76. The van der Waals surface area contributed by atoms with E-state index >= 15 is 0 Å². The molecule has 0 aliphatic carbocycles. The second-order valence-corrected chi connectivity index (χ2v) is 9.12. The van der Waals surface area contributed by atoms with E-state index in [1.807, 2.05) is 43.6 Å². The third-order valence-corrected chi connectivity index (χ3v) is 6.49. The number of aromatic nitrogens is 4. The Bertz CT molecular complexity index is 1280. The summed E-state index contributed by atoms with van der Waals surface area (Å²) in [5, 5.41) is 9.39. The van der Waals surface area contributed by atoms with E-state index in [1.54, 1.807) is 23.1 Å². The number of halogens is 1. The van der Waals surface area contributed by atoms with Crippen molar-refractivity contribution in [2.75, 3.05) is 36.4 Å². The first kappa shape index (κ1) is 20.8. The van der Waals surface area contributed by atoms with Gasteiger partial charge in [0.05, 0.1) is 5.69 Å². The predicted molar refractivity (Wildman–Crippen MR) is 134 cm³/mol. The van der Waals surface area contributed by atoms with Gasteiger partial charge < -0.3 is 10.2 Å². The lowest BCUT2D eigenvalue weighted by atomic mass is 10.1. The van der Waals surface area contributed by atoms with Gasteiger partial charge in [-0.05, 0) is 35.7 Å². The molecule has 1 aromatic carbocycles. The van der Waals surface area contributed by atoms with Crippen LogP contribution in [0.5, 0.6) is 0 Å². The van der Waals surface area contributed by atoms with Gasteiger partial charge in [0.1, 0.15) is 11.6 Å². The minimum atomic E-state index is -0.200. The van der Waals surface area contributed by atoms with Crippen LogP contribution in [0.25, 0.3) is 22.0 Å². The summed E-state index contributed by atoms with van der Waals surface area (Å²) in [6.07, 6.45) is 5.38. The number of amides is 1. The van der Waals surface area contributed by atoms with Crippen LogP contribution in [0.4, 0.5) is 11.6 Å². The zero-order chi connectivity index (χ0) is 22.1. The molecule has 9 heteroatoms. The summed E-state index contributed by atoms with van der Waals surface area (Å²) in [5.41, 5.74) is 2.49. The van der Waals surface area contributed by atoms with Gasteiger partial charge in [-0.2, -0.15) is 5.10 Å². The van der Waals surface area contributed by atoms with Crippen LogP contribution in [0, 0.1) is 0 Å². The lowest BCUT2D eigenvalue weighted by Gasteiger charge is -2.32. The average molecular weight is 539 g/mol. The zero-order valence-corrected chi connectivity index (χ0v) is 19.7. The standard InChI is InChI=1S/C23H22IN7O/c1-29-7-5-20(28-29)16-2-3-18-15-26-21(13-19(18)12-16)27-23(32)17-4-6-25-22(14-17)30-8-10-31(24)11-9-30/h2-7,12-15H,8-11H2,1H3,(H,26,27,32). The van der Waals surface area contributed by atoms with Gasteiger partial charge in [-0.25, -0.2) is 13.1 Å². The number of carbonyl (C=O) groups is 1. The Labute approximate surface area is 199 Å². The zero-order valence-electron chi connectivity index (χ0n) is 17.6. The fourth-order valence-corrected chi connectivity index (χ4v) is 4.20. The van der Waals surface area contributed by atoms with Gasteiger partial charge in [-0.15, -0.1) is 0 Å². The number of benzene rings is 1. The quantitative estimate of drug-likeness (QED) is 0.315. The van der Waals surface area contributed by atoms with E-state index in [-0.39, 0.29) is 5.91 Å². The van der Waals surface area contributed by atoms with Crippen molar-refractivity contribution >= 4 is 51.2 Å². The number of hydrogen-bond donors (Lipinski definition) is 1. The van der Waals surface area contributed by atoms with Crippen LogP contribution in [0.1, 0.15) is 10.4 Å². The van der Waals surface area contributed by atoms with Crippen LogP contribution in [0.3, 0.4) is 0 Å². The smallest absolute Gasteiger partial charge is 0.257 e. The van der Waals surface area contributed by atoms with Crippen LogP contribution in [0.2, 0.25) is 0 Å². The molecule has 0 atom stereocenters. The van der Waals surface area contributed by atoms with Crippen LogP contribution in [-0.4, -0.2) is 54.9 Å². The van der Waals surface area contributed by atoms with E-state index in [4.69, 9.17) is 0 Å². The number of carbonyl (C=O) groups excluding carboxylic acids is 1. The highest BCUT2D eigenvalue weighted by molar-refractivity contribution is 14.1. The number of rotatable bonds is 4. The molecule has 0 bridgehead atoms. The number of nitrogens with one attached hydrogen (secondary N) is 1. The Kier molecular flexibility index (Phi) is 5.75. The lowest BCUT2D eigenvalue weighted by molar-refractivity contribution is 0.102. The molecule has 1 amide bonds. The normalized spacial score (nSPS) is 14.6. The highest BCUT2D eigenvalue weighted by Crippen LogP contribution is 2.25. The summed E-state index contributed by atoms with van der Waals surface area (Å²) < 4.78 is 4.04. The Morgan fingerprint density at radius 1 is 1.00 bits per heavy atom. The number of nitrogens with zero attached hydrogens (tertiary/aromatic N) is 6. The van der Waals surface area contributed by atoms with Gasteiger partial charge in [0.25, 0.3) is 5.91 Å². The first-order valence-corrected chi connectivity index (χ1v) is 11.3. The third-order valence-electron chi connectivity index (χ3n) is 5.53. The molecule has 5 rings (SSSR count). The van der Waals surface area contributed by atoms with E-state index in [0.717, 1.165) is 54.0 Å². The van der Waals surface area contributed by atoms with Crippen molar-refractivity contribution in [1.29, 1.82) is 0 Å². The van der Waals surface area contributed by atoms with Crippen molar-refractivity contribution in [2.24, 2.45) is 7.05 Å². The highest BCUT2D eigenvalue weighted by Gasteiger charge is 2.17. The number of anilines is 2. The summed E-state index contributed by atoms with van der Waals surface area (Å²) in [4.78, 5) is 24.0. The highest BCUT2D eigenvalue weighted by atomic mass is 127. The molecular formula is C23H22IN7O. The summed E-state index contributed by atoms with van der Waals surface area (Å²) in [5.74, 6) is 1.14. The number of pyridine rings is 2. The van der Waals surface area contributed by atoms with Gasteiger partial charge in [-0.3, -0.25) is 9.48 Å². The van der Waals surface area contributed by atoms with Crippen LogP contribution in [-0.2, 0) is 7.05 Å². The Hall–Kier alpha value is -3.05. The van der Waals surface area contributed by atoms with Crippen molar-refractivity contribution < 1.29 is 4.79 Å². The molecule has 0 saturated carbocycles. The largest absolute Gasteiger partial charge is 0.354 e. The van der Waals surface area contributed by atoms with E-state index in [1.165, 1.54) is 0 Å². The molecule has 0 unspecified atom stereocenters. The molecule has 1 fully saturated rings. The maximum atomic E-state index is 12.9. The van der Waals surface area contributed by atoms with Gasteiger partial charge in [0, 0.05) is 91.2 Å². The van der Waals surface area contributed by atoms with E-state index in [0.29, 0.717) is 11.4 Å². The van der Waals surface area contributed by atoms with Crippen molar-refractivity contribution in [3.63, 3.8) is 0 Å². The van der Waals surface area contributed by atoms with Crippen LogP contribution >= 0.6 is 22.9 Å². The molecule has 1 N–H and O–H groups in total. The maximum absolute atomic E-state index is 12.9. The van der Waals surface area contributed by atoms with Crippen molar-refractivity contribution in [3.05, 3.63) is 66.6 Å². The molecule has 0 spiro atoms. The third kappa shape index (κ3) is 4.44. The lowest BCUT2D eigenvalue weighted by Crippen LogP contribution is -2.42. The molecule has 0 radical (unpaired) electrons. The molecule has 162 valence electrons.